The standard InChI is InChI=1S/C26H21NO9/c27-24(33)20-17(29)9-13-7-12-8-15-14(10-2-1-3-11(6-10)25(34)35)4-5-16(28)19(15)21(30)18(12)22(31)26(13,36)23(20)32/h1-6,12-13,18,20,28,36H,7-9H2,(H2,27,33)(H,34,35)/t12-,13+,18?,20?,26+/m1/s1. The molecule has 0 heterocycles. The Labute approximate surface area is 203 Å². The molecule has 5 atom stereocenters. The highest BCUT2D eigenvalue weighted by Crippen LogP contribution is 2.51. The number of aromatic carboxylic acids is 1. The van der Waals surface area contributed by atoms with Gasteiger partial charge in [-0.2, -0.15) is 0 Å². The largest absolute Gasteiger partial charge is 0.507 e. The van der Waals surface area contributed by atoms with Gasteiger partial charge in [-0.25, -0.2) is 4.79 Å². The van der Waals surface area contributed by atoms with Crippen LogP contribution in [0.25, 0.3) is 11.1 Å². The van der Waals surface area contributed by atoms with Crippen LogP contribution >= 0.6 is 0 Å². The lowest BCUT2D eigenvalue weighted by Gasteiger charge is -2.48. The van der Waals surface area contributed by atoms with E-state index in [1.807, 2.05) is 0 Å². The van der Waals surface area contributed by atoms with Crippen LogP contribution in [0.4, 0.5) is 0 Å². The average molecular weight is 491 g/mol. The second-order valence-corrected chi connectivity index (χ2v) is 9.61. The van der Waals surface area contributed by atoms with E-state index in [-0.39, 0.29) is 24.0 Å². The predicted molar refractivity (Wildman–Crippen MR) is 121 cm³/mol. The van der Waals surface area contributed by atoms with E-state index in [9.17, 15) is 44.1 Å². The molecule has 0 aliphatic heterocycles. The van der Waals surface area contributed by atoms with E-state index in [4.69, 9.17) is 5.73 Å². The van der Waals surface area contributed by atoms with Crippen molar-refractivity contribution in [2.75, 3.05) is 0 Å². The van der Waals surface area contributed by atoms with Crippen molar-refractivity contribution in [1.29, 1.82) is 0 Å². The molecule has 0 saturated heterocycles. The van der Waals surface area contributed by atoms with Crippen LogP contribution in [0, 0.1) is 23.7 Å². The number of carbonyl (C=O) groups excluding carboxylic acids is 5. The molecule has 5 rings (SSSR count). The number of fused-ring (bicyclic) bond motifs is 3. The summed E-state index contributed by atoms with van der Waals surface area (Å²) >= 11 is 0. The number of carboxylic acids is 1. The number of phenolic OH excluding ortho intramolecular Hbond substituents is 1. The number of ketones is 4. The molecule has 3 aliphatic carbocycles. The van der Waals surface area contributed by atoms with Gasteiger partial charge in [0.2, 0.25) is 5.91 Å². The van der Waals surface area contributed by atoms with E-state index in [1.165, 1.54) is 18.2 Å². The third-order valence-corrected chi connectivity index (χ3v) is 7.71. The second-order valence-electron chi connectivity index (χ2n) is 9.61. The van der Waals surface area contributed by atoms with Gasteiger partial charge in [-0.3, -0.25) is 24.0 Å². The highest BCUT2D eigenvalue weighted by molar-refractivity contribution is 6.31. The van der Waals surface area contributed by atoms with Crippen LogP contribution in [0.1, 0.15) is 39.1 Å². The van der Waals surface area contributed by atoms with Crippen LogP contribution in [-0.2, 0) is 25.6 Å². The number of rotatable bonds is 3. The number of benzene rings is 2. The number of phenols is 1. The Kier molecular flexibility index (Phi) is 5.18. The normalized spacial score (nSPS) is 29.2. The van der Waals surface area contributed by atoms with Gasteiger partial charge in [-0.1, -0.05) is 18.2 Å². The number of amides is 1. The molecule has 0 spiro atoms. The van der Waals surface area contributed by atoms with Gasteiger partial charge in [0.15, 0.2) is 34.7 Å². The zero-order chi connectivity index (χ0) is 26.1. The second kappa shape index (κ2) is 7.92. The Hall–Kier alpha value is -4.18. The molecule has 36 heavy (non-hydrogen) atoms. The topological polar surface area (TPSA) is 189 Å². The monoisotopic (exact) mass is 491 g/mol. The van der Waals surface area contributed by atoms with Crippen LogP contribution in [0.3, 0.4) is 0 Å². The number of hydrogen-bond donors (Lipinski definition) is 4. The molecule has 2 unspecified atom stereocenters. The van der Waals surface area contributed by atoms with Crippen molar-refractivity contribution in [3.63, 3.8) is 0 Å². The Morgan fingerprint density at radius 3 is 2.39 bits per heavy atom. The summed E-state index contributed by atoms with van der Waals surface area (Å²) in [6, 6.07) is 8.86. The highest BCUT2D eigenvalue weighted by Gasteiger charge is 2.66. The molecule has 2 aromatic rings. The van der Waals surface area contributed by atoms with Crippen molar-refractivity contribution < 1.29 is 44.1 Å². The minimum absolute atomic E-state index is 0.0225. The first-order chi connectivity index (χ1) is 17.0. The van der Waals surface area contributed by atoms with Gasteiger partial charge in [-0.15, -0.1) is 0 Å². The van der Waals surface area contributed by atoms with E-state index in [0.29, 0.717) is 16.7 Å². The number of hydrogen-bond acceptors (Lipinski definition) is 8. The Morgan fingerprint density at radius 1 is 1.00 bits per heavy atom. The number of carbonyl (C=O) groups is 6. The molecule has 0 bridgehead atoms. The molecular weight excluding hydrogens is 470 g/mol. The fourth-order valence-corrected chi connectivity index (χ4v) is 6.06. The zero-order valence-corrected chi connectivity index (χ0v) is 18.8. The van der Waals surface area contributed by atoms with Crippen LogP contribution in [0.2, 0.25) is 0 Å². The van der Waals surface area contributed by atoms with Gasteiger partial charge in [-0.05, 0) is 53.6 Å². The molecule has 1 amide bonds. The summed E-state index contributed by atoms with van der Waals surface area (Å²) in [6.07, 6.45) is -0.336. The fourth-order valence-electron chi connectivity index (χ4n) is 6.06. The molecule has 184 valence electrons. The summed E-state index contributed by atoms with van der Waals surface area (Å²) in [5, 5.41) is 31.1. The summed E-state index contributed by atoms with van der Waals surface area (Å²) in [6.45, 7) is 0. The SMILES string of the molecule is NC(=O)C1C(=O)C[C@@H]2C[C@@H]3Cc4c(-c5cccc(C(=O)O)c5)ccc(O)c4C(=O)C3C(=O)[C@]2(O)C1=O. The first-order valence-electron chi connectivity index (χ1n) is 11.3. The van der Waals surface area contributed by atoms with Gasteiger partial charge in [0.25, 0.3) is 0 Å². The fraction of sp³-hybridized carbons (Fsp3) is 0.308. The summed E-state index contributed by atoms with van der Waals surface area (Å²) in [7, 11) is 0. The van der Waals surface area contributed by atoms with Crippen LogP contribution in [0.15, 0.2) is 36.4 Å². The number of carboxylic acid groups (broad SMARTS) is 1. The van der Waals surface area contributed by atoms with Crippen molar-refractivity contribution in [3.05, 3.63) is 53.1 Å². The van der Waals surface area contributed by atoms with E-state index in [0.717, 1.165) is 0 Å². The maximum atomic E-state index is 13.6. The summed E-state index contributed by atoms with van der Waals surface area (Å²) in [5.41, 5.74) is 3.75. The highest BCUT2D eigenvalue weighted by atomic mass is 16.4. The van der Waals surface area contributed by atoms with Crippen LogP contribution < -0.4 is 5.73 Å². The maximum Gasteiger partial charge on any atom is 0.335 e. The number of nitrogens with two attached hydrogens (primary N) is 1. The molecule has 2 saturated carbocycles. The Balaban J connectivity index is 1.62. The van der Waals surface area contributed by atoms with Crippen molar-refractivity contribution in [2.45, 2.75) is 24.9 Å². The summed E-state index contributed by atoms with van der Waals surface area (Å²) in [4.78, 5) is 75.7. The van der Waals surface area contributed by atoms with Gasteiger partial charge < -0.3 is 21.1 Å². The first kappa shape index (κ1) is 23.6. The van der Waals surface area contributed by atoms with Crippen molar-refractivity contribution >= 4 is 35.0 Å². The summed E-state index contributed by atoms with van der Waals surface area (Å²) in [5.74, 6) is -12.0. The van der Waals surface area contributed by atoms with Crippen molar-refractivity contribution in [1.82, 2.24) is 0 Å². The third kappa shape index (κ3) is 3.14. The van der Waals surface area contributed by atoms with E-state index in [1.54, 1.807) is 18.2 Å². The molecule has 0 radical (unpaired) electrons. The molecule has 5 N–H and O–H groups in total. The summed E-state index contributed by atoms with van der Waals surface area (Å²) < 4.78 is 0. The van der Waals surface area contributed by atoms with Gasteiger partial charge in [0, 0.05) is 12.3 Å². The lowest BCUT2D eigenvalue weighted by atomic mass is 9.53. The van der Waals surface area contributed by atoms with Gasteiger partial charge in [0.1, 0.15) is 5.75 Å². The number of primary amides is 1. The number of aliphatic hydroxyl groups is 1. The Bertz CT molecular complexity index is 1410. The number of aromatic hydroxyl groups is 1. The zero-order valence-electron chi connectivity index (χ0n) is 18.8. The number of Topliss-reactive ketones (excluding diaryl/α,β-unsaturated/α-hetero) is 4. The average Bonchev–Trinajstić information content (AvgIpc) is 2.81. The molecule has 0 aromatic heterocycles. The lowest BCUT2D eigenvalue weighted by molar-refractivity contribution is -0.175. The molecular formula is C26H21NO9. The van der Waals surface area contributed by atoms with E-state index < -0.39 is 76.5 Å². The molecule has 2 aromatic carbocycles. The first-order valence-corrected chi connectivity index (χ1v) is 11.3. The van der Waals surface area contributed by atoms with Crippen LogP contribution in [-0.4, -0.2) is 55.9 Å². The van der Waals surface area contributed by atoms with E-state index in [2.05, 4.69) is 0 Å². The smallest absolute Gasteiger partial charge is 0.335 e. The van der Waals surface area contributed by atoms with Gasteiger partial charge >= 0.3 is 5.97 Å². The molecule has 10 heteroatoms. The Morgan fingerprint density at radius 2 is 1.72 bits per heavy atom. The predicted octanol–water partition coefficient (Wildman–Crippen LogP) is 0.692. The van der Waals surface area contributed by atoms with Gasteiger partial charge in [0.05, 0.1) is 17.0 Å². The molecule has 10 nitrogen and oxygen atoms in total. The third-order valence-electron chi connectivity index (χ3n) is 7.71. The van der Waals surface area contributed by atoms with Crippen molar-refractivity contribution in [3.8, 4) is 16.9 Å². The maximum absolute atomic E-state index is 13.6. The quantitative estimate of drug-likeness (QED) is 0.448. The lowest BCUT2D eigenvalue weighted by Crippen LogP contribution is -2.68. The minimum atomic E-state index is -2.70. The van der Waals surface area contributed by atoms with Crippen molar-refractivity contribution in [2.24, 2.45) is 29.4 Å². The minimum Gasteiger partial charge on any atom is -0.507 e. The van der Waals surface area contributed by atoms with E-state index >= 15 is 0 Å². The molecule has 3 aliphatic rings. The van der Waals surface area contributed by atoms with Crippen LogP contribution in [0.5, 0.6) is 5.75 Å². The molecule has 2 fully saturated rings.